The van der Waals surface area contributed by atoms with Crippen LogP contribution < -0.4 is 10.6 Å². The smallest absolute Gasteiger partial charge is 0.0377 e. The van der Waals surface area contributed by atoms with E-state index in [-0.39, 0.29) is 11.1 Å². The van der Waals surface area contributed by atoms with E-state index in [1.54, 1.807) is 0 Å². The quantitative estimate of drug-likeness (QED) is 0.766. The Hall–Kier alpha value is -0.860. The van der Waals surface area contributed by atoms with Crippen LogP contribution in [0.5, 0.6) is 0 Å². The number of rotatable bonds is 5. The fraction of sp³-hybridized carbons (Fsp3) is 0.600. The first-order valence-electron chi connectivity index (χ1n) is 6.37. The fourth-order valence-electron chi connectivity index (χ4n) is 1.77. The second kappa shape index (κ2) is 5.65. The summed E-state index contributed by atoms with van der Waals surface area (Å²) in [4.78, 5) is 0. The highest BCUT2D eigenvalue weighted by Gasteiger charge is 2.18. The summed E-state index contributed by atoms with van der Waals surface area (Å²) in [6, 6.07) is 10.6. The highest BCUT2D eigenvalue weighted by atomic mass is 15.0. The van der Waals surface area contributed by atoms with Crippen LogP contribution in [0.25, 0.3) is 0 Å². The van der Waals surface area contributed by atoms with Crippen LogP contribution in [0, 0.1) is 0 Å². The van der Waals surface area contributed by atoms with Crippen LogP contribution in [-0.2, 0) is 5.54 Å². The Morgan fingerprint density at radius 1 is 0.824 bits per heavy atom. The van der Waals surface area contributed by atoms with Gasteiger partial charge in [-0.3, -0.25) is 0 Å². The minimum atomic E-state index is 0.0286. The predicted octanol–water partition coefficient (Wildman–Crippen LogP) is 2.90. The van der Waals surface area contributed by atoms with Gasteiger partial charge in [-0.1, -0.05) is 30.3 Å². The first kappa shape index (κ1) is 14.2. The van der Waals surface area contributed by atoms with Crippen molar-refractivity contribution in [2.45, 2.75) is 45.7 Å². The van der Waals surface area contributed by atoms with Gasteiger partial charge in [0.1, 0.15) is 0 Å². The van der Waals surface area contributed by atoms with E-state index in [9.17, 15) is 0 Å². The summed E-state index contributed by atoms with van der Waals surface area (Å²) in [5, 5.41) is 7.07. The van der Waals surface area contributed by atoms with Crippen molar-refractivity contribution >= 4 is 0 Å². The van der Waals surface area contributed by atoms with Gasteiger partial charge in [0.2, 0.25) is 0 Å². The van der Waals surface area contributed by atoms with Crippen molar-refractivity contribution in [3.05, 3.63) is 35.9 Å². The summed E-state index contributed by atoms with van der Waals surface area (Å²) in [5.74, 6) is 0. The standard InChI is InChI=1S/C15H26N2/c1-14(2,3)16-11-12-17-15(4,5)13-9-7-6-8-10-13/h6-10,16-17H,11-12H2,1-5H3. The van der Waals surface area contributed by atoms with Crippen molar-refractivity contribution < 1.29 is 0 Å². The molecule has 0 aromatic heterocycles. The van der Waals surface area contributed by atoms with Gasteiger partial charge in [-0.25, -0.2) is 0 Å². The van der Waals surface area contributed by atoms with E-state index in [4.69, 9.17) is 0 Å². The molecule has 0 bridgehead atoms. The Morgan fingerprint density at radius 2 is 1.35 bits per heavy atom. The predicted molar refractivity (Wildman–Crippen MR) is 75.2 cm³/mol. The summed E-state index contributed by atoms with van der Waals surface area (Å²) < 4.78 is 0. The Labute approximate surface area is 106 Å². The lowest BCUT2D eigenvalue weighted by molar-refractivity contribution is 0.369. The molecule has 0 saturated carbocycles. The third kappa shape index (κ3) is 5.33. The fourth-order valence-corrected chi connectivity index (χ4v) is 1.77. The first-order chi connectivity index (χ1) is 7.81. The maximum atomic E-state index is 3.59. The molecular weight excluding hydrogens is 208 g/mol. The van der Waals surface area contributed by atoms with Crippen molar-refractivity contribution in [1.82, 2.24) is 10.6 Å². The van der Waals surface area contributed by atoms with Crippen molar-refractivity contribution in [3.8, 4) is 0 Å². The second-order valence-electron chi connectivity index (χ2n) is 6.09. The van der Waals surface area contributed by atoms with Gasteiger partial charge >= 0.3 is 0 Å². The zero-order valence-corrected chi connectivity index (χ0v) is 11.8. The van der Waals surface area contributed by atoms with Gasteiger partial charge in [0.15, 0.2) is 0 Å². The molecule has 1 aromatic rings. The first-order valence-corrected chi connectivity index (χ1v) is 6.37. The molecule has 0 unspecified atom stereocenters. The number of benzene rings is 1. The number of hydrogen-bond acceptors (Lipinski definition) is 2. The maximum absolute atomic E-state index is 3.59. The summed E-state index contributed by atoms with van der Waals surface area (Å²) in [7, 11) is 0. The molecule has 2 heteroatoms. The lowest BCUT2D eigenvalue weighted by Gasteiger charge is -2.28. The molecule has 2 N–H and O–H groups in total. The molecule has 1 rings (SSSR count). The van der Waals surface area contributed by atoms with E-state index in [1.165, 1.54) is 5.56 Å². The van der Waals surface area contributed by atoms with Crippen molar-refractivity contribution in [3.63, 3.8) is 0 Å². The molecule has 0 aliphatic carbocycles. The van der Waals surface area contributed by atoms with Crippen LogP contribution in [0.1, 0.15) is 40.2 Å². The molecule has 1 aromatic carbocycles. The van der Waals surface area contributed by atoms with Crippen LogP contribution in [0.4, 0.5) is 0 Å². The van der Waals surface area contributed by atoms with E-state index < -0.39 is 0 Å². The third-order valence-electron chi connectivity index (χ3n) is 2.84. The molecule has 0 amide bonds. The van der Waals surface area contributed by atoms with Crippen LogP contribution >= 0.6 is 0 Å². The molecule has 2 nitrogen and oxygen atoms in total. The minimum Gasteiger partial charge on any atom is -0.311 e. The minimum absolute atomic E-state index is 0.0286. The molecule has 0 radical (unpaired) electrons. The largest absolute Gasteiger partial charge is 0.311 e. The Bertz CT molecular complexity index is 323. The molecule has 96 valence electrons. The Balaban J connectivity index is 2.41. The van der Waals surface area contributed by atoms with Crippen LogP contribution in [0.15, 0.2) is 30.3 Å². The maximum Gasteiger partial charge on any atom is 0.0377 e. The van der Waals surface area contributed by atoms with E-state index in [0.29, 0.717) is 0 Å². The monoisotopic (exact) mass is 234 g/mol. The number of nitrogens with one attached hydrogen (secondary N) is 2. The molecule has 0 fully saturated rings. The Kier molecular flexibility index (Phi) is 4.72. The third-order valence-corrected chi connectivity index (χ3v) is 2.84. The van der Waals surface area contributed by atoms with Crippen molar-refractivity contribution in [2.75, 3.05) is 13.1 Å². The average Bonchev–Trinajstić information content (AvgIpc) is 2.25. The van der Waals surface area contributed by atoms with Crippen molar-refractivity contribution in [1.29, 1.82) is 0 Å². The highest BCUT2D eigenvalue weighted by Crippen LogP contribution is 2.18. The lowest BCUT2D eigenvalue weighted by Crippen LogP contribution is -2.44. The van der Waals surface area contributed by atoms with Crippen LogP contribution in [0.3, 0.4) is 0 Å². The van der Waals surface area contributed by atoms with Crippen molar-refractivity contribution in [2.24, 2.45) is 0 Å². The van der Waals surface area contributed by atoms with Gasteiger partial charge in [-0.15, -0.1) is 0 Å². The van der Waals surface area contributed by atoms with Gasteiger partial charge < -0.3 is 10.6 Å². The molecule has 0 spiro atoms. The van der Waals surface area contributed by atoms with Gasteiger partial charge in [0.25, 0.3) is 0 Å². The molecule has 0 aliphatic rings. The topological polar surface area (TPSA) is 24.1 Å². The van der Waals surface area contributed by atoms with Gasteiger partial charge in [-0.2, -0.15) is 0 Å². The summed E-state index contributed by atoms with van der Waals surface area (Å²) in [5.41, 5.74) is 1.55. The van der Waals surface area contributed by atoms with Gasteiger partial charge in [0.05, 0.1) is 0 Å². The second-order valence-corrected chi connectivity index (χ2v) is 6.09. The molecular formula is C15H26N2. The SMILES string of the molecule is CC(C)(C)NCCNC(C)(C)c1ccccc1. The Morgan fingerprint density at radius 3 is 1.88 bits per heavy atom. The van der Waals surface area contributed by atoms with E-state index in [0.717, 1.165) is 13.1 Å². The molecule has 0 aliphatic heterocycles. The molecule has 0 heterocycles. The molecule has 17 heavy (non-hydrogen) atoms. The van der Waals surface area contributed by atoms with Gasteiger partial charge in [0, 0.05) is 24.2 Å². The molecule has 0 saturated heterocycles. The zero-order valence-electron chi connectivity index (χ0n) is 11.8. The lowest BCUT2D eigenvalue weighted by atomic mass is 9.94. The summed E-state index contributed by atoms with van der Waals surface area (Å²) >= 11 is 0. The van der Waals surface area contributed by atoms with E-state index >= 15 is 0 Å². The molecule has 0 atom stereocenters. The summed E-state index contributed by atoms with van der Waals surface area (Å²) in [6.45, 7) is 13.0. The van der Waals surface area contributed by atoms with Crippen LogP contribution in [-0.4, -0.2) is 18.6 Å². The number of hydrogen-bond donors (Lipinski definition) is 2. The zero-order chi connectivity index (χ0) is 12.9. The van der Waals surface area contributed by atoms with E-state index in [1.807, 2.05) is 0 Å². The van der Waals surface area contributed by atoms with Crippen LogP contribution in [0.2, 0.25) is 0 Å². The summed E-state index contributed by atoms with van der Waals surface area (Å²) in [6.07, 6.45) is 0. The normalized spacial score (nSPS) is 12.8. The average molecular weight is 234 g/mol. The highest BCUT2D eigenvalue weighted by molar-refractivity contribution is 5.22. The van der Waals surface area contributed by atoms with E-state index in [2.05, 4.69) is 75.6 Å². The van der Waals surface area contributed by atoms with Gasteiger partial charge in [-0.05, 0) is 40.2 Å².